The topological polar surface area (TPSA) is 179 Å². The quantitative estimate of drug-likeness (QED) is 0.219. The van der Waals surface area contributed by atoms with Crippen molar-refractivity contribution in [2.24, 2.45) is 23.7 Å². The molecule has 1 aromatic rings. The summed E-state index contributed by atoms with van der Waals surface area (Å²) in [4.78, 5) is 92.5. The van der Waals surface area contributed by atoms with E-state index >= 15 is 0 Å². The average Bonchev–Trinajstić information content (AvgIpc) is 3.81. The van der Waals surface area contributed by atoms with Crippen molar-refractivity contribution in [2.75, 3.05) is 54.9 Å². The Morgan fingerprint density at radius 2 is 1.09 bits per heavy atom. The molecule has 0 spiro atoms. The first-order valence-electron chi connectivity index (χ1n) is 18.9. The van der Waals surface area contributed by atoms with Crippen molar-refractivity contribution in [1.29, 1.82) is 0 Å². The van der Waals surface area contributed by atoms with Gasteiger partial charge in [0, 0.05) is 13.1 Å². The molecule has 56 heavy (non-hydrogen) atoms. The smallest absolute Gasteiger partial charge is 0.411 e. The van der Waals surface area contributed by atoms with Gasteiger partial charge in [-0.2, -0.15) is 0 Å². The first kappa shape index (κ1) is 49.3. The molecule has 3 amide bonds. The fraction of sp³-hybridized carbons (Fsp3) is 0.675. The maximum Gasteiger partial charge on any atom is 0.411 e. The lowest BCUT2D eigenvalue weighted by molar-refractivity contribution is -0.154. The summed E-state index contributed by atoms with van der Waals surface area (Å²) in [7, 11) is 5.09. The Hall–Kier alpha value is -4.73. The summed E-state index contributed by atoms with van der Waals surface area (Å²) >= 11 is 0. The Balaban J connectivity index is 0.000000536. The Labute approximate surface area is 332 Å². The van der Waals surface area contributed by atoms with Gasteiger partial charge >= 0.3 is 30.0 Å². The van der Waals surface area contributed by atoms with Gasteiger partial charge in [-0.1, -0.05) is 71.9 Å². The number of methoxy groups -OCH3 is 4. The predicted molar refractivity (Wildman–Crippen MR) is 206 cm³/mol. The van der Waals surface area contributed by atoms with Gasteiger partial charge < -0.3 is 33.5 Å². The molecule has 2 heterocycles. The monoisotopic (exact) mass is 792 g/mol. The number of amides is 3. The SMILES string of the molecule is CC.COC(=O)C[C@H](C(=O)N1CN(C(=O)OC(C)(C)C)C[C@H]1C(=O)OC)C(C)C.COC(=O)C[C@H](C(=O)N1CN(Cc2ccccc2)C[C@H]1C(=O)OC)C(C)C. The van der Waals surface area contributed by atoms with Crippen LogP contribution in [0.25, 0.3) is 0 Å². The molecular formula is C40H64N4O12. The largest absolute Gasteiger partial charge is 0.469 e. The Kier molecular flexibility index (Phi) is 20.6. The van der Waals surface area contributed by atoms with Crippen LogP contribution in [0, 0.1) is 23.7 Å². The molecule has 2 fully saturated rings. The molecule has 1 aromatic carbocycles. The molecule has 3 rings (SSSR count). The number of hydrogen-bond acceptors (Lipinski definition) is 13. The second-order valence-electron chi connectivity index (χ2n) is 14.9. The fourth-order valence-electron chi connectivity index (χ4n) is 6.07. The van der Waals surface area contributed by atoms with Gasteiger partial charge in [-0.3, -0.25) is 29.0 Å². The minimum atomic E-state index is -0.950. The molecule has 0 bridgehead atoms. The molecule has 0 N–H and O–H groups in total. The Morgan fingerprint density at radius 1 is 0.661 bits per heavy atom. The molecule has 16 heteroatoms. The van der Waals surface area contributed by atoms with Gasteiger partial charge in [0.15, 0.2) is 0 Å². The van der Waals surface area contributed by atoms with E-state index in [1.807, 2.05) is 62.9 Å². The van der Waals surface area contributed by atoms with Crippen molar-refractivity contribution in [3.8, 4) is 0 Å². The summed E-state index contributed by atoms with van der Waals surface area (Å²) in [6.07, 6.45) is -0.735. The molecule has 2 aliphatic rings. The number of ether oxygens (including phenoxy) is 5. The van der Waals surface area contributed by atoms with Crippen LogP contribution in [-0.2, 0) is 59.0 Å². The number of rotatable bonds is 12. The van der Waals surface area contributed by atoms with Crippen molar-refractivity contribution in [1.82, 2.24) is 19.6 Å². The van der Waals surface area contributed by atoms with Crippen LogP contribution in [0.2, 0.25) is 0 Å². The van der Waals surface area contributed by atoms with Crippen LogP contribution in [0.15, 0.2) is 30.3 Å². The normalized spacial score (nSPS) is 17.8. The zero-order valence-electron chi connectivity index (χ0n) is 35.5. The summed E-state index contributed by atoms with van der Waals surface area (Å²) < 4.78 is 24.4. The lowest BCUT2D eigenvalue weighted by atomic mass is 9.91. The maximum absolute atomic E-state index is 13.2. The first-order chi connectivity index (χ1) is 26.3. The summed E-state index contributed by atoms with van der Waals surface area (Å²) in [5, 5.41) is 0. The highest BCUT2D eigenvalue weighted by molar-refractivity contribution is 5.90. The standard InChI is InChI=1S/C20H28N2O5.C18H30N2O7.C2H6/c1-14(2)16(10-18(23)26-3)19(24)22-13-21(12-17(22)20(25)27-4)11-15-8-6-5-7-9-15;1-11(2)12(8-14(21)25-6)15(22)20-10-19(9-13(20)16(23)26-7)17(24)27-18(3,4)5;1-2/h5-9,14,16-17H,10-13H2,1-4H3;11-13H,8-10H2,1-7H3;1-2H3/t16-,17-;12-,13-;/m00./s1. The van der Waals surface area contributed by atoms with E-state index in [0.29, 0.717) is 19.8 Å². The molecule has 2 saturated heterocycles. The van der Waals surface area contributed by atoms with Crippen molar-refractivity contribution in [3.63, 3.8) is 0 Å². The molecule has 16 nitrogen and oxygen atoms in total. The van der Waals surface area contributed by atoms with E-state index in [9.17, 15) is 33.6 Å². The zero-order valence-corrected chi connectivity index (χ0v) is 35.5. The molecule has 0 aromatic heterocycles. The van der Waals surface area contributed by atoms with E-state index in [-0.39, 0.29) is 43.8 Å². The second kappa shape index (κ2) is 23.4. The van der Waals surface area contributed by atoms with Crippen molar-refractivity contribution < 1.29 is 57.2 Å². The number of esters is 4. The third kappa shape index (κ3) is 14.7. The zero-order chi connectivity index (χ0) is 42.9. The van der Waals surface area contributed by atoms with E-state index in [1.54, 1.807) is 34.6 Å². The van der Waals surface area contributed by atoms with E-state index in [1.165, 1.54) is 43.1 Å². The summed E-state index contributed by atoms with van der Waals surface area (Å²) in [5.74, 6) is -4.09. The van der Waals surface area contributed by atoms with Crippen LogP contribution in [0.4, 0.5) is 4.79 Å². The van der Waals surface area contributed by atoms with E-state index in [2.05, 4.69) is 4.74 Å². The molecule has 0 saturated carbocycles. The minimum absolute atomic E-state index is 0.00389. The van der Waals surface area contributed by atoms with Crippen LogP contribution in [0.1, 0.15) is 80.7 Å². The molecule has 4 atom stereocenters. The van der Waals surface area contributed by atoms with Crippen molar-refractivity contribution in [3.05, 3.63) is 35.9 Å². The first-order valence-corrected chi connectivity index (χ1v) is 18.9. The maximum atomic E-state index is 13.2. The van der Waals surface area contributed by atoms with Gasteiger partial charge in [-0.25, -0.2) is 14.4 Å². The summed E-state index contributed by atoms with van der Waals surface area (Å²) in [6, 6.07) is 8.24. The number of carbonyl (C=O) groups excluding carboxylic acids is 7. The molecular weight excluding hydrogens is 728 g/mol. The molecule has 316 valence electrons. The third-order valence-electron chi connectivity index (χ3n) is 9.14. The fourth-order valence-corrected chi connectivity index (χ4v) is 6.07. The molecule has 0 aliphatic carbocycles. The van der Waals surface area contributed by atoms with Crippen molar-refractivity contribution in [2.45, 2.75) is 99.4 Å². The van der Waals surface area contributed by atoms with Gasteiger partial charge in [0.1, 0.15) is 24.4 Å². The van der Waals surface area contributed by atoms with Crippen LogP contribution < -0.4 is 0 Å². The summed E-state index contributed by atoms with van der Waals surface area (Å²) in [6.45, 7) is 17.8. The van der Waals surface area contributed by atoms with E-state index in [0.717, 1.165) is 5.56 Å². The summed E-state index contributed by atoms with van der Waals surface area (Å²) in [5.41, 5.74) is 0.394. The van der Waals surface area contributed by atoms with Crippen LogP contribution in [0.5, 0.6) is 0 Å². The van der Waals surface area contributed by atoms with E-state index in [4.69, 9.17) is 18.9 Å². The van der Waals surface area contributed by atoms with Crippen LogP contribution in [0.3, 0.4) is 0 Å². The second-order valence-corrected chi connectivity index (χ2v) is 14.9. The van der Waals surface area contributed by atoms with Gasteiger partial charge in [-0.05, 0) is 38.2 Å². The lowest BCUT2D eigenvalue weighted by Crippen LogP contribution is -2.46. The number of benzene rings is 1. The van der Waals surface area contributed by atoms with Gasteiger partial charge in [-0.15, -0.1) is 0 Å². The van der Waals surface area contributed by atoms with E-state index < -0.39 is 65.4 Å². The predicted octanol–water partition coefficient (Wildman–Crippen LogP) is 4.09. The highest BCUT2D eigenvalue weighted by Crippen LogP contribution is 2.27. The van der Waals surface area contributed by atoms with Crippen molar-refractivity contribution >= 4 is 41.8 Å². The lowest BCUT2D eigenvalue weighted by Gasteiger charge is -2.28. The van der Waals surface area contributed by atoms with Gasteiger partial charge in [0.25, 0.3) is 0 Å². The van der Waals surface area contributed by atoms with Gasteiger partial charge in [0.05, 0.1) is 66.3 Å². The average molecular weight is 793 g/mol. The number of hydrogen-bond donors (Lipinski definition) is 0. The number of carbonyl (C=O) groups is 7. The minimum Gasteiger partial charge on any atom is -0.469 e. The molecule has 0 radical (unpaired) electrons. The highest BCUT2D eigenvalue weighted by atomic mass is 16.6. The van der Waals surface area contributed by atoms with Gasteiger partial charge in [0.2, 0.25) is 11.8 Å². The third-order valence-corrected chi connectivity index (χ3v) is 9.14. The highest BCUT2D eigenvalue weighted by Gasteiger charge is 2.45. The Bertz CT molecular complexity index is 1460. The molecule has 2 aliphatic heterocycles. The number of nitrogens with zero attached hydrogens (tertiary/aromatic N) is 4. The van der Waals surface area contributed by atoms with Crippen LogP contribution >= 0.6 is 0 Å². The Morgan fingerprint density at radius 3 is 1.48 bits per heavy atom. The van der Waals surface area contributed by atoms with Crippen LogP contribution in [-0.4, -0.2) is 134 Å². The molecule has 0 unspecified atom stereocenters.